The van der Waals surface area contributed by atoms with Crippen LogP contribution in [0.5, 0.6) is 0 Å². The highest BCUT2D eigenvalue weighted by molar-refractivity contribution is 5.92. The molecule has 0 spiro atoms. The number of carbonyl (C=O) groups excluding carboxylic acids is 1. The minimum atomic E-state index is -0.127. The Morgan fingerprint density at radius 3 is 2.23 bits per heavy atom. The van der Waals surface area contributed by atoms with Crippen LogP contribution in [0.25, 0.3) is 0 Å². The zero-order valence-electron chi connectivity index (χ0n) is 16.7. The van der Waals surface area contributed by atoms with Crippen molar-refractivity contribution >= 4 is 5.91 Å². The number of likely N-dealkylation sites (tertiary alicyclic amines) is 1. The maximum Gasteiger partial charge on any atom is 0.274 e. The van der Waals surface area contributed by atoms with Gasteiger partial charge in [-0.15, -0.1) is 0 Å². The summed E-state index contributed by atoms with van der Waals surface area (Å²) in [6.07, 6.45) is 2.04. The molecule has 4 heteroatoms. The summed E-state index contributed by atoms with van der Waals surface area (Å²) in [5, 5.41) is 4.68. The molecule has 26 heavy (non-hydrogen) atoms. The molecule has 2 heterocycles. The molecule has 4 nitrogen and oxygen atoms in total. The van der Waals surface area contributed by atoms with Crippen LogP contribution in [0.3, 0.4) is 0 Å². The number of nitrogens with zero attached hydrogens (tertiary/aromatic N) is 3. The molecule has 1 aromatic carbocycles. The van der Waals surface area contributed by atoms with Gasteiger partial charge in [0, 0.05) is 18.8 Å². The van der Waals surface area contributed by atoms with Crippen LogP contribution in [0.15, 0.2) is 36.4 Å². The van der Waals surface area contributed by atoms with Gasteiger partial charge < -0.3 is 4.90 Å². The smallest absolute Gasteiger partial charge is 0.274 e. The Balaban J connectivity index is 1.73. The van der Waals surface area contributed by atoms with Crippen molar-refractivity contribution in [2.45, 2.75) is 64.8 Å². The Bertz CT molecular complexity index is 747. The first-order valence-electron chi connectivity index (χ1n) is 9.72. The molecule has 1 aliphatic heterocycles. The van der Waals surface area contributed by atoms with Crippen LogP contribution >= 0.6 is 0 Å². The summed E-state index contributed by atoms with van der Waals surface area (Å²) in [5.41, 5.74) is 2.97. The quantitative estimate of drug-likeness (QED) is 0.796. The Labute approximate surface area is 157 Å². The fourth-order valence-electron chi connectivity index (χ4n) is 3.75. The Morgan fingerprint density at radius 1 is 1.12 bits per heavy atom. The molecule has 1 fully saturated rings. The van der Waals surface area contributed by atoms with E-state index in [1.807, 2.05) is 15.6 Å². The van der Waals surface area contributed by atoms with E-state index in [9.17, 15) is 4.79 Å². The highest BCUT2D eigenvalue weighted by atomic mass is 16.2. The number of hydrogen-bond donors (Lipinski definition) is 0. The van der Waals surface area contributed by atoms with Crippen molar-refractivity contribution in [2.75, 3.05) is 13.1 Å². The number of carbonyl (C=O) groups is 1. The van der Waals surface area contributed by atoms with Crippen LogP contribution in [0.2, 0.25) is 0 Å². The van der Waals surface area contributed by atoms with Gasteiger partial charge in [0.1, 0.15) is 0 Å². The fraction of sp³-hybridized carbons (Fsp3) is 0.545. The Hall–Kier alpha value is -2.10. The van der Waals surface area contributed by atoms with E-state index in [0.717, 1.165) is 31.6 Å². The molecule has 1 aliphatic rings. The summed E-state index contributed by atoms with van der Waals surface area (Å²) in [5.74, 6) is 0.965. The highest BCUT2D eigenvalue weighted by Crippen LogP contribution is 2.29. The van der Waals surface area contributed by atoms with Crippen molar-refractivity contribution in [2.24, 2.45) is 0 Å². The second kappa shape index (κ2) is 7.26. The van der Waals surface area contributed by atoms with Crippen molar-refractivity contribution in [3.8, 4) is 0 Å². The third kappa shape index (κ3) is 3.84. The lowest BCUT2D eigenvalue weighted by atomic mass is 9.89. The molecular weight excluding hydrogens is 322 g/mol. The second-order valence-corrected chi connectivity index (χ2v) is 8.67. The van der Waals surface area contributed by atoms with Gasteiger partial charge in [0.25, 0.3) is 5.91 Å². The fourth-order valence-corrected chi connectivity index (χ4v) is 3.75. The minimum Gasteiger partial charge on any atom is -0.337 e. The molecule has 2 aromatic rings. The molecular formula is C22H31N3O. The van der Waals surface area contributed by atoms with E-state index in [0.29, 0.717) is 17.5 Å². The molecule has 0 radical (unpaired) electrons. The zero-order chi connectivity index (χ0) is 18.9. The predicted molar refractivity (Wildman–Crippen MR) is 106 cm³/mol. The summed E-state index contributed by atoms with van der Waals surface area (Å²) in [4.78, 5) is 15.0. The van der Waals surface area contributed by atoms with E-state index in [2.05, 4.69) is 70.0 Å². The Morgan fingerprint density at radius 2 is 1.73 bits per heavy atom. The van der Waals surface area contributed by atoms with Crippen LogP contribution < -0.4 is 0 Å². The van der Waals surface area contributed by atoms with Gasteiger partial charge >= 0.3 is 0 Å². The third-order valence-corrected chi connectivity index (χ3v) is 5.24. The van der Waals surface area contributed by atoms with Crippen LogP contribution in [0.1, 0.15) is 81.0 Å². The second-order valence-electron chi connectivity index (χ2n) is 8.67. The van der Waals surface area contributed by atoms with Gasteiger partial charge in [0.15, 0.2) is 5.69 Å². The zero-order valence-corrected chi connectivity index (χ0v) is 16.7. The van der Waals surface area contributed by atoms with Crippen LogP contribution in [-0.2, 0) is 5.54 Å². The van der Waals surface area contributed by atoms with Crippen molar-refractivity contribution in [1.29, 1.82) is 0 Å². The molecule has 3 rings (SSSR count). The van der Waals surface area contributed by atoms with Gasteiger partial charge in [0.05, 0.1) is 5.54 Å². The van der Waals surface area contributed by atoms with E-state index in [1.54, 1.807) is 0 Å². The van der Waals surface area contributed by atoms with Crippen molar-refractivity contribution in [3.05, 3.63) is 53.3 Å². The van der Waals surface area contributed by atoms with E-state index in [-0.39, 0.29) is 11.4 Å². The molecule has 0 atom stereocenters. The topological polar surface area (TPSA) is 38.1 Å². The molecule has 1 saturated heterocycles. The van der Waals surface area contributed by atoms with Crippen LogP contribution in [0, 0.1) is 0 Å². The van der Waals surface area contributed by atoms with Gasteiger partial charge in [-0.2, -0.15) is 5.10 Å². The van der Waals surface area contributed by atoms with Crippen molar-refractivity contribution < 1.29 is 4.79 Å². The third-order valence-electron chi connectivity index (χ3n) is 5.24. The van der Waals surface area contributed by atoms with Crippen molar-refractivity contribution in [3.63, 3.8) is 0 Å². The first-order chi connectivity index (χ1) is 12.3. The number of rotatable bonds is 3. The summed E-state index contributed by atoms with van der Waals surface area (Å²) < 4.78 is 2.02. The van der Waals surface area contributed by atoms with Gasteiger partial charge in [-0.05, 0) is 57.1 Å². The molecule has 1 amide bonds. The molecule has 0 saturated carbocycles. The lowest BCUT2D eigenvalue weighted by Gasteiger charge is -2.31. The first-order valence-corrected chi connectivity index (χ1v) is 9.72. The number of amides is 1. The number of aromatic nitrogens is 2. The molecule has 140 valence electrons. The van der Waals surface area contributed by atoms with E-state index in [1.165, 1.54) is 5.56 Å². The predicted octanol–water partition coefficient (Wildman–Crippen LogP) is 4.78. The summed E-state index contributed by atoms with van der Waals surface area (Å²) in [7, 11) is 0. The van der Waals surface area contributed by atoms with Crippen molar-refractivity contribution in [1.82, 2.24) is 14.7 Å². The maximum atomic E-state index is 13.0. The molecule has 0 N–H and O–H groups in total. The van der Waals surface area contributed by atoms with Crippen LogP contribution in [0.4, 0.5) is 0 Å². The average molecular weight is 354 g/mol. The summed E-state index contributed by atoms with van der Waals surface area (Å²) in [6, 6.07) is 12.6. The normalized spacial score (nSPS) is 16.3. The number of hydrogen-bond acceptors (Lipinski definition) is 2. The standard InChI is InChI=1S/C22H31N3O/c1-16(2)20-15-19(23-25(20)22(3,4)5)21(26)24-13-11-18(12-14-24)17-9-7-6-8-10-17/h6-10,15-16,18H,11-14H2,1-5H3. The summed E-state index contributed by atoms with van der Waals surface area (Å²) >= 11 is 0. The Kier molecular flexibility index (Phi) is 5.22. The van der Waals surface area contributed by atoms with Crippen LogP contribution in [-0.4, -0.2) is 33.7 Å². The molecule has 0 aliphatic carbocycles. The summed E-state index contributed by atoms with van der Waals surface area (Å²) in [6.45, 7) is 12.3. The van der Waals surface area contributed by atoms with Gasteiger partial charge in [0.2, 0.25) is 0 Å². The minimum absolute atomic E-state index is 0.0708. The maximum absolute atomic E-state index is 13.0. The van der Waals surface area contributed by atoms with E-state index >= 15 is 0 Å². The van der Waals surface area contributed by atoms with E-state index < -0.39 is 0 Å². The average Bonchev–Trinajstić information content (AvgIpc) is 3.08. The highest BCUT2D eigenvalue weighted by Gasteiger charge is 2.28. The largest absolute Gasteiger partial charge is 0.337 e. The lowest BCUT2D eigenvalue weighted by molar-refractivity contribution is 0.0705. The monoisotopic (exact) mass is 353 g/mol. The van der Waals surface area contributed by atoms with Gasteiger partial charge in [-0.1, -0.05) is 44.2 Å². The van der Waals surface area contributed by atoms with Gasteiger partial charge in [-0.25, -0.2) is 0 Å². The molecule has 1 aromatic heterocycles. The molecule has 0 bridgehead atoms. The van der Waals surface area contributed by atoms with E-state index in [4.69, 9.17) is 0 Å². The first kappa shape index (κ1) is 18.7. The number of benzene rings is 1. The SMILES string of the molecule is CC(C)c1cc(C(=O)N2CCC(c3ccccc3)CC2)nn1C(C)(C)C. The lowest BCUT2D eigenvalue weighted by Crippen LogP contribution is -2.38. The molecule has 0 unspecified atom stereocenters. The van der Waals surface area contributed by atoms with Gasteiger partial charge in [-0.3, -0.25) is 9.48 Å². The number of piperidine rings is 1.